The Hall–Kier alpha value is -2.15. The second kappa shape index (κ2) is 5.87. The lowest BCUT2D eigenvalue weighted by molar-refractivity contribution is -0.385. The number of nitrogens with zero attached hydrogens (tertiary/aromatic N) is 3. The molecule has 2 rings (SSSR count). The van der Waals surface area contributed by atoms with Gasteiger partial charge in [0.25, 0.3) is 5.89 Å². The fourth-order valence-electron chi connectivity index (χ4n) is 1.46. The quantitative estimate of drug-likeness (QED) is 0.621. The Morgan fingerprint density at radius 2 is 2.25 bits per heavy atom. The van der Waals surface area contributed by atoms with E-state index in [9.17, 15) is 10.1 Å². The highest BCUT2D eigenvalue weighted by molar-refractivity contribution is 6.30. The van der Waals surface area contributed by atoms with E-state index in [0.29, 0.717) is 5.82 Å². The molecule has 8 heteroatoms. The first-order chi connectivity index (χ1) is 9.47. The highest BCUT2D eigenvalue weighted by atomic mass is 35.5. The van der Waals surface area contributed by atoms with E-state index >= 15 is 0 Å². The van der Waals surface area contributed by atoms with Crippen LogP contribution in [0.1, 0.15) is 31.5 Å². The molecule has 1 aromatic carbocycles. The number of nitro groups is 1. The first-order valence-electron chi connectivity index (χ1n) is 5.86. The smallest absolute Gasteiger partial charge is 0.312 e. The summed E-state index contributed by atoms with van der Waals surface area (Å²) in [7, 11) is 0. The summed E-state index contributed by atoms with van der Waals surface area (Å²) in [5.74, 6) is 1.06. The van der Waals surface area contributed by atoms with Crippen molar-refractivity contribution >= 4 is 17.3 Å². The average molecular weight is 298 g/mol. The van der Waals surface area contributed by atoms with Crippen molar-refractivity contribution in [1.82, 2.24) is 10.1 Å². The van der Waals surface area contributed by atoms with Gasteiger partial charge in [-0.3, -0.25) is 10.1 Å². The van der Waals surface area contributed by atoms with E-state index in [2.05, 4.69) is 10.1 Å². The van der Waals surface area contributed by atoms with Gasteiger partial charge in [0, 0.05) is 17.0 Å². The van der Waals surface area contributed by atoms with Crippen LogP contribution in [0.3, 0.4) is 0 Å². The SMILES string of the molecule is CC(C)c1noc(COc2ccc(Cl)cc2[N+](=O)[O-])n1. The van der Waals surface area contributed by atoms with Gasteiger partial charge in [-0.05, 0) is 12.1 Å². The summed E-state index contributed by atoms with van der Waals surface area (Å²) >= 11 is 5.72. The lowest BCUT2D eigenvalue weighted by Crippen LogP contribution is -2.00. The highest BCUT2D eigenvalue weighted by Crippen LogP contribution is 2.30. The zero-order valence-electron chi connectivity index (χ0n) is 10.9. The van der Waals surface area contributed by atoms with Crippen LogP contribution in [0.4, 0.5) is 5.69 Å². The molecule has 0 saturated carbocycles. The number of nitro benzene ring substituents is 1. The van der Waals surface area contributed by atoms with Gasteiger partial charge in [0.15, 0.2) is 18.2 Å². The van der Waals surface area contributed by atoms with Crippen molar-refractivity contribution in [2.45, 2.75) is 26.4 Å². The van der Waals surface area contributed by atoms with E-state index in [0.717, 1.165) is 0 Å². The second-order valence-electron chi connectivity index (χ2n) is 4.36. The van der Waals surface area contributed by atoms with Gasteiger partial charge in [-0.1, -0.05) is 30.6 Å². The maximum absolute atomic E-state index is 10.9. The molecule has 0 N–H and O–H groups in total. The van der Waals surface area contributed by atoms with Crippen molar-refractivity contribution in [2.24, 2.45) is 0 Å². The van der Waals surface area contributed by atoms with Gasteiger partial charge in [0.05, 0.1) is 4.92 Å². The van der Waals surface area contributed by atoms with Crippen LogP contribution in [0.25, 0.3) is 0 Å². The van der Waals surface area contributed by atoms with Crippen LogP contribution >= 0.6 is 11.6 Å². The highest BCUT2D eigenvalue weighted by Gasteiger charge is 2.17. The summed E-state index contributed by atoms with van der Waals surface area (Å²) in [6.07, 6.45) is 0. The molecule has 0 aliphatic carbocycles. The summed E-state index contributed by atoms with van der Waals surface area (Å²) < 4.78 is 10.3. The Bertz CT molecular complexity index is 627. The minimum atomic E-state index is -0.561. The molecule has 0 radical (unpaired) electrons. The lowest BCUT2D eigenvalue weighted by Gasteiger charge is -2.04. The zero-order chi connectivity index (χ0) is 14.7. The second-order valence-corrected chi connectivity index (χ2v) is 4.80. The van der Waals surface area contributed by atoms with Gasteiger partial charge in [0.2, 0.25) is 0 Å². The normalized spacial score (nSPS) is 10.8. The Morgan fingerprint density at radius 3 is 2.85 bits per heavy atom. The van der Waals surface area contributed by atoms with Gasteiger partial charge in [0.1, 0.15) is 0 Å². The molecule has 0 spiro atoms. The van der Waals surface area contributed by atoms with Crippen LogP contribution in [-0.4, -0.2) is 15.1 Å². The van der Waals surface area contributed by atoms with Crippen molar-refractivity contribution < 1.29 is 14.2 Å². The van der Waals surface area contributed by atoms with E-state index < -0.39 is 4.92 Å². The third-order valence-corrected chi connectivity index (χ3v) is 2.70. The topological polar surface area (TPSA) is 91.3 Å². The van der Waals surface area contributed by atoms with Crippen LogP contribution < -0.4 is 4.74 Å². The molecule has 0 aliphatic heterocycles. The molecule has 7 nitrogen and oxygen atoms in total. The first-order valence-corrected chi connectivity index (χ1v) is 6.24. The summed E-state index contributed by atoms with van der Waals surface area (Å²) in [5, 5.41) is 14.9. The number of aromatic nitrogens is 2. The Balaban J connectivity index is 2.12. The van der Waals surface area contributed by atoms with Crippen molar-refractivity contribution in [3.63, 3.8) is 0 Å². The van der Waals surface area contributed by atoms with E-state index in [1.165, 1.54) is 18.2 Å². The van der Waals surface area contributed by atoms with Crippen LogP contribution in [0, 0.1) is 10.1 Å². The van der Waals surface area contributed by atoms with Gasteiger partial charge in [-0.2, -0.15) is 4.98 Å². The van der Waals surface area contributed by atoms with Crippen molar-refractivity contribution in [3.05, 3.63) is 45.1 Å². The van der Waals surface area contributed by atoms with Crippen LogP contribution in [0.5, 0.6) is 5.75 Å². The van der Waals surface area contributed by atoms with Crippen molar-refractivity contribution in [3.8, 4) is 5.75 Å². The minimum absolute atomic E-state index is 0.0395. The largest absolute Gasteiger partial charge is 0.477 e. The first kappa shape index (κ1) is 14.3. The number of halogens is 1. The molecular weight excluding hydrogens is 286 g/mol. The van der Waals surface area contributed by atoms with Gasteiger partial charge >= 0.3 is 5.69 Å². The molecule has 0 saturated heterocycles. The van der Waals surface area contributed by atoms with Crippen LogP contribution in [0.2, 0.25) is 5.02 Å². The lowest BCUT2D eigenvalue weighted by atomic mass is 10.2. The molecule has 20 heavy (non-hydrogen) atoms. The molecule has 0 fully saturated rings. The Labute approximate surface area is 119 Å². The zero-order valence-corrected chi connectivity index (χ0v) is 11.6. The molecule has 0 atom stereocenters. The summed E-state index contributed by atoms with van der Waals surface area (Å²) in [6, 6.07) is 4.17. The fourth-order valence-corrected chi connectivity index (χ4v) is 1.62. The predicted octanol–water partition coefficient (Wildman–Crippen LogP) is 3.33. The average Bonchev–Trinajstić information content (AvgIpc) is 2.86. The molecule has 1 aromatic heterocycles. The third-order valence-electron chi connectivity index (χ3n) is 2.47. The van der Waals surface area contributed by atoms with Crippen LogP contribution in [-0.2, 0) is 6.61 Å². The third kappa shape index (κ3) is 3.24. The molecule has 1 heterocycles. The molecule has 2 aromatic rings. The van der Waals surface area contributed by atoms with E-state index in [1.807, 2.05) is 13.8 Å². The number of hydrogen-bond acceptors (Lipinski definition) is 6. The fraction of sp³-hybridized carbons (Fsp3) is 0.333. The number of ether oxygens (including phenoxy) is 1. The molecular formula is C12H12ClN3O4. The Morgan fingerprint density at radius 1 is 1.50 bits per heavy atom. The van der Waals surface area contributed by atoms with E-state index in [-0.39, 0.29) is 34.9 Å². The maximum atomic E-state index is 10.9. The summed E-state index contributed by atoms with van der Waals surface area (Å²) in [4.78, 5) is 14.5. The standard InChI is InChI=1S/C12H12ClN3O4/c1-7(2)12-14-11(20-15-12)6-19-10-4-3-8(13)5-9(10)16(17)18/h3-5,7H,6H2,1-2H3. The maximum Gasteiger partial charge on any atom is 0.312 e. The minimum Gasteiger partial charge on any atom is -0.477 e. The molecule has 0 unspecified atom stereocenters. The summed E-state index contributed by atoms with van der Waals surface area (Å²) in [5.41, 5.74) is -0.207. The van der Waals surface area contributed by atoms with E-state index in [4.69, 9.17) is 20.9 Å². The van der Waals surface area contributed by atoms with E-state index in [1.54, 1.807) is 0 Å². The monoisotopic (exact) mass is 297 g/mol. The summed E-state index contributed by atoms with van der Waals surface area (Å²) in [6.45, 7) is 3.82. The number of hydrogen-bond donors (Lipinski definition) is 0. The number of benzene rings is 1. The molecule has 106 valence electrons. The predicted molar refractivity (Wildman–Crippen MR) is 70.8 cm³/mol. The van der Waals surface area contributed by atoms with Gasteiger partial charge in [-0.25, -0.2) is 0 Å². The van der Waals surface area contributed by atoms with Crippen molar-refractivity contribution in [1.29, 1.82) is 0 Å². The van der Waals surface area contributed by atoms with Crippen LogP contribution in [0.15, 0.2) is 22.7 Å². The number of rotatable bonds is 5. The van der Waals surface area contributed by atoms with Crippen molar-refractivity contribution in [2.75, 3.05) is 0 Å². The molecule has 0 bridgehead atoms. The molecule has 0 aliphatic rings. The molecule has 0 amide bonds. The van der Waals surface area contributed by atoms with Gasteiger partial charge < -0.3 is 9.26 Å². The Kier molecular flexibility index (Phi) is 4.19. The van der Waals surface area contributed by atoms with Gasteiger partial charge in [-0.15, -0.1) is 0 Å².